The average Bonchev–Trinajstić information content (AvgIpc) is 3.41. The van der Waals surface area contributed by atoms with Gasteiger partial charge in [-0.1, -0.05) is 42.5 Å². The van der Waals surface area contributed by atoms with Crippen molar-refractivity contribution in [1.82, 2.24) is 0 Å². The summed E-state index contributed by atoms with van der Waals surface area (Å²) in [6.07, 6.45) is 4.52. The van der Waals surface area contributed by atoms with Crippen molar-refractivity contribution in [1.29, 1.82) is 0 Å². The van der Waals surface area contributed by atoms with Crippen molar-refractivity contribution in [2.45, 2.75) is 20.3 Å². The van der Waals surface area contributed by atoms with Crippen molar-refractivity contribution in [3.8, 4) is 11.1 Å². The molecule has 2 aliphatic rings. The fraction of sp³-hybridized carbons (Fsp3) is 0.348. The molecule has 1 aromatic heterocycles. The van der Waals surface area contributed by atoms with Crippen molar-refractivity contribution in [2.75, 3.05) is 11.9 Å². The molecule has 2 N–H and O–H groups in total. The largest absolute Gasteiger partial charge is 0.481 e. The predicted molar refractivity (Wildman–Crippen MR) is 114 cm³/mol. The van der Waals surface area contributed by atoms with Gasteiger partial charge in [-0.25, -0.2) is 4.79 Å². The quantitative estimate of drug-likeness (QED) is 0.530. The molecule has 0 radical (unpaired) electrons. The molecule has 7 heteroatoms. The third kappa shape index (κ3) is 3.43. The summed E-state index contributed by atoms with van der Waals surface area (Å²) in [6.45, 7) is 3.84. The van der Waals surface area contributed by atoms with Crippen LogP contribution in [0.5, 0.6) is 0 Å². The number of rotatable bonds is 6. The number of carboxylic acid groups (broad SMARTS) is 1. The van der Waals surface area contributed by atoms with E-state index in [1.54, 1.807) is 6.92 Å². The van der Waals surface area contributed by atoms with Gasteiger partial charge >= 0.3 is 11.9 Å². The Morgan fingerprint density at radius 3 is 2.43 bits per heavy atom. The summed E-state index contributed by atoms with van der Waals surface area (Å²) in [5.41, 5.74) is 1.92. The van der Waals surface area contributed by atoms with Gasteiger partial charge in [-0.05, 0) is 37.7 Å². The van der Waals surface area contributed by atoms with E-state index in [1.807, 2.05) is 49.4 Å². The number of carbonyl (C=O) groups excluding carboxylic acids is 2. The lowest BCUT2D eigenvalue weighted by atomic mass is 9.82. The van der Waals surface area contributed by atoms with Crippen molar-refractivity contribution in [2.24, 2.45) is 23.7 Å². The number of benzene rings is 1. The molecule has 1 aromatic carbocycles. The lowest BCUT2D eigenvalue weighted by Gasteiger charge is -2.23. The van der Waals surface area contributed by atoms with E-state index < -0.39 is 23.8 Å². The summed E-state index contributed by atoms with van der Waals surface area (Å²) in [5.74, 6) is -3.39. The van der Waals surface area contributed by atoms with Crippen LogP contribution < -0.4 is 5.32 Å². The number of amides is 1. The highest BCUT2D eigenvalue weighted by Crippen LogP contribution is 2.49. The van der Waals surface area contributed by atoms with Crippen LogP contribution in [0.1, 0.15) is 28.6 Å². The second kappa shape index (κ2) is 8.07. The van der Waals surface area contributed by atoms with Crippen LogP contribution in [0.15, 0.2) is 42.5 Å². The Morgan fingerprint density at radius 1 is 1.13 bits per heavy atom. The summed E-state index contributed by atoms with van der Waals surface area (Å²) in [5, 5.41) is 12.9. The zero-order chi connectivity index (χ0) is 21.4. The van der Waals surface area contributed by atoms with Crippen LogP contribution >= 0.6 is 11.3 Å². The maximum atomic E-state index is 13.2. The molecule has 2 aliphatic carbocycles. The van der Waals surface area contributed by atoms with Gasteiger partial charge in [0.2, 0.25) is 5.91 Å². The minimum absolute atomic E-state index is 0.0863. The molecule has 0 unspecified atom stereocenters. The van der Waals surface area contributed by atoms with Crippen LogP contribution in [0, 0.1) is 30.6 Å². The summed E-state index contributed by atoms with van der Waals surface area (Å²) in [7, 11) is 0. The van der Waals surface area contributed by atoms with E-state index in [4.69, 9.17) is 4.74 Å². The van der Waals surface area contributed by atoms with Gasteiger partial charge < -0.3 is 15.2 Å². The molecule has 4 atom stereocenters. The smallest absolute Gasteiger partial charge is 0.341 e. The normalized spacial score (nSPS) is 24.1. The molecule has 2 aromatic rings. The van der Waals surface area contributed by atoms with Crippen molar-refractivity contribution < 1.29 is 24.2 Å². The molecule has 30 heavy (non-hydrogen) atoms. The molecule has 1 fully saturated rings. The summed E-state index contributed by atoms with van der Waals surface area (Å²) in [4.78, 5) is 38.6. The first-order chi connectivity index (χ1) is 14.4. The van der Waals surface area contributed by atoms with E-state index in [2.05, 4.69) is 5.32 Å². The summed E-state index contributed by atoms with van der Waals surface area (Å²) in [6, 6.07) is 9.49. The number of thiophene rings is 1. The Hall–Kier alpha value is -2.93. The van der Waals surface area contributed by atoms with Gasteiger partial charge in [-0.2, -0.15) is 0 Å². The molecule has 156 valence electrons. The summed E-state index contributed by atoms with van der Waals surface area (Å²) < 4.78 is 5.27. The number of aliphatic carboxylic acids is 1. The van der Waals surface area contributed by atoms with Gasteiger partial charge in [0.1, 0.15) is 10.6 Å². The number of fused-ring (bicyclic) bond motifs is 2. The van der Waals surface area contributed by atoms with Crippen LogP contribution in [-0.2, 0) is 14.3 Å². The standard InChI is InChI=1S/C23H23NO5S/c1-3-29-23(28)19-16(13-7-5-4-6-8-13)12(2)30-21(19)24-20(25)17-14-9-10-15(11-14)18(17)22(26)27/h4-10,14-15,17-18H,3,11H2,1-2H3,(H,24,25)(H,26,27)/t14-,15+,17-,18+/m1/s1. The van der Waals surface area contributed by atoms with Crippen LogP contribution in [0.2, 0.25) is 0 Å². The Balaban J connectivity index is 1.71. The van der Waals surface area contributed by atoms with E-state index in [9.17, 15) is 19.5 Å². The van der Waals surface area contributed by atoms with Gasteiger partial charge in [-0.3, -0.25) is 9.59 Å². The van der Waals surface area contributed by atoms with Crippen LogP contribution in [0.3, 0.4) is 0 Å². The third-order valence-electron chi connectivity index (χ3n) is 5.91. The number of ether oxygens (including phenoxy) is 1. The number of carboxylic acids is 1. The number of nitrogens with one attached hydrogen (secondary N) is 1. The van der Waals surface area contributed by atoms with Gasteiger partial charge in [0.25, 0.3) is 0 Å². The number of hydrogen-bond acceptors (Lipinski definition) is 5. The number of carbonyl (C=O) groups is 3. The van der Waals surface area contributed by atoms with E-state index in [-0.39, 0.29) is 24.3 Å². The lowest BCUT2D eigenvalue weighted by molar-refractivity contribution is -0.146. The first kappa shape index (κ1) is 20.3. The second-order valence-corrected chi connectivity index (χ2v) is 8.88. The first-order valence-corrected chi connectivity index (χ1v) is 10.8. The maximum absolute atomic E-state index is 13.2. The Labute approximate surface area is 178 Å². The zero-order valence-corrected chi connectivity index (χ0v) is 17.6. The second-order valence-electron chi connectivity index (χ2n) is 7.65. The van der Waals surface area contributed by atoms with Crippen molar-refractivity contribution in [3.05, 3.63) is 52.9 Å². The fourth-order valence-corrected chi connectivity index (χ4v) is 5.76. The predicted octanol–water partition coefficient (Wildman–Crippen LogP) is 4.36. The van der Waals surface area contributed by atoms with Gasteiger partial charge in [-0.15, -0.1) is 11.3 Å². The fourth-order valence-electron chi connectivity index (χ4n) is 4.69. The Morgan fingerprint density at radius 2 is 1.80 bits per heavy atom. The molecular weight excluding hydrogens is 402 g/mol. The van der Waals surface area contributed by atoms with Gasteiger partial charge in [0.15, 0.2) is 0 Å². The van der Waals surface area contributed by atoms with Crippen molar-refractivity contribution in [3.63, 3.8) is 0 Å². The topological polar surface area (TPSA) is 92.7 Å². The monoisotopic (exact) mass is 425 g/mol. The molecule has 2 bridgehead atoms. The molecule has 1 heterocycles. The highest BCUT2D eigenvalue weighted by molar-refractivity contribution is 7.17. The highest BCUT2D eigenvalue weighted by atomic mass is 32.1. The molecule has 1 saturated carbocycles. The van der Waals surface area contributed by atoms with Crippen LogP contribution in [0.4, 0.5) is 5.00 Å². The first-order valence-electron chi connectivity index (χ1n) is 10.00. The lowest BCUT2D eigenvalue weighted by Crippen LogP contribution is -2.36. The molecular formula is C23H23NO5S. The SMILES string of the molecule is CCOC(=O)c1c(NC(=O)[C@H]2[C@@H](C(=O)O)[C@H]3C=C[C@@H]2C3)sc(C)c1-c1ccccc1. The highest BCUT2D eigenvalue weighted by Gasteiger charge is 2.51. The Kier molecular flexibility index (Phi) is 5.47. The average molecular weight is 426 g/mol. The van der Waals surface area contributed by atoms with E-state index in [0.717, 1.165) is 16.0 Å². The minimum Gasteiger partial charge on any atom is -0.481 e. The zero-order valence-electron chi connectivity index (χ0n) is 16.8. The third-order valence-corrected chi connectivity index (χ3v) is 6.93. The Bertz CT molecular complexity index is 1030. The van der Waals surface area contributed by atoms with Gasteiger partial charge in [0, 0.05) is 10.4 Å². The van der Waals surface area contributed by atoms with Gasteiger partial charge in [0.05, 0.1) is 18.4 Å². The number of hydrogen-bond donors (Lipinski definition) is 2. The number of anilines is 1. The van der Waals surface area contributed by atoms with E-state index in [0.29, 0.717) is 17.0 Å². The van der Waals surface area contributed by atoms with Crippen LogP contribution in [0.25, 0.3) is 11.1 Å². The molecule has 1 amide bonds. The molecule has 6 nitrogen and oxygen atoms in total. The number of aryl methyl sites for hydroxylation is 1. The van der Waals surface area contributed by atoms with E-state index >= 15 is 0 Å². The van der Waals surface area contributed by atoms with Crippen LogP contribution in [-0.4, -0.2) is 29.6 Å². The molecule has 4 rings (SSSR count). The number of allylic oxidation sites excluding steroid dienone is 2. The number of esters is 1. The van der Waals surface area contributed by atoms with Crippen molar-refractivity contribution >= 4 is 34.2 Å². The van der Waals surface area contributed by atoms with E-state index in [1.165, 1.54) is 11.3 Å². The summed E-state index contributed by atoms with van der Waals surface area (Å²) >= 11 is 1.31. The molecule has 0 spiro atoms. The molecule has 0 aliphatic heterocycles. The minimum atomic E-state index is -0.954. The molecule has 0 saturated heterocycles. The maximum Gasteiger partial charge on any atom is 0.341 e.